The predicted octanol–water partition coefficient (Wildman–Crippen LogP) is 0.949. The number of aliphatic hydroxyl groups excluding tert-OH is 1. The smallest absolute Gasteiger partial charge is 0.341 e. The van der Waals surface area contributed by atoms with Crippen LogP contribution >= 0.6 is 0 Å². The lowest BCUT2D eigenvalue weighted by molar-refractivity contribution is 0.0522. The van der Waals surface area contributed by atoms with Gasteiger partial charge in [-0.25, -0.2) is 4.79 Å². The van der Waals surface area contributed by atoms with E-state index in [4.69, 9.17) is 14.3 Å². The Labute approximate surface area is 69.8 Å². The molecule has 0 aliphatic carbocycles. The van der Waals surface area contributed by atoms with Crippen LogP contribution in [0.5, 0.6) is 0 Å². The highest BCUT2D eigenvalue weighted by atomic mass is 16.5. The summed E-state index contributed by atoms with van der Waals surface area (Å²) in [6.07, 6.45) is 2.59. The molecule has 0 aromatic carbocycles. The summed E-state index contributed by atoms with van der Waals surface area (Å²) in [6, 6.07) is 0. The Morgan fingerprint density at radius 3 is 3.00 bits per heavy atom. The van der Waals surface area contributed by atoms with E-state index in [1.165, 1.54) is 12.5 Å². The molecule has 0 saturated carbocycles. The van der Waals surface area contributed by atoms with Crippen LogP contribution in [0.3, 0.4) is 0 Å². The minimum absolute atomic E-state index is 0.218. The Hall–Kier alpha value is -1.29. The lowest BCUT2D eigenvalue weighted by Crippen LogP contribution is -2.05. The Balaban J connectivity index is 2.79. The first-order valence-electron chi connectivity index (χ1n) is 3.62. The molecule has 0 radical (unpaired) electrons. The second-order valence-corrected chi connectivity index (χ2v) is 2.19. The number of carbonyl (C=O) groups is 1. The molecule has 1 aromatic rings. The monoisotopic (exact) mass is 170 g/mol. The van der Waals surface area contributed by atoms with Crippen LogP contribution in [0.2, 0.25) is 0 Å². The minimum Gasteiger partial charge on any atom is -0.471 e. The summed E-state index contributed by atoms with van der Waals surface area (Å²) in [6.45, 7) is 1.82. The SMILES string of the molecule is CCOC(=O)c1cocc1CO. The van der Waals surface area contributed by atoms with Crippen LogP contribution < -0.4 is 0 Å². The van der Waals surface area contributed by atoms with Crippen molar-refractivity contribution in [1.29, 1.82) is 0 Å². The molecule has 1 aromatic heterocycles. The molecular weight excluding hydrogens is 160 g/mol. The van der Waals surface area contributed by atoms with E-state index >= 15 is 0 Å². The molecule has 1 rings (SSSR count). The van der Waals surface area contributed by atoms with E-state index in [0.717, 1.165) is 0 Å². The van der Waals surface area contributed by atoms with Crippen molar-refractivity contribution < 1.29 is 19.1 Å². The molecule has 12 heavy (non-hydrogen) atoms. The van der Waals surface area contributed by atoms with Gasteiger partial charge in [-0.05, 0) is 6.92 Å². The number of esters is 1. The summed E-state index contributed by atoms with van der Waals surface area (Å²) in [4.78, 5) is 11.1. The third-order valence-corrected chi connectivity index (χ3v) is 1.41. The summed E-state index contributed by atoms with van der Waals surface area (Å²) in [5.41, 5.74) is 0.743. The first-order chi connectivity index (χ1) is 5.79. The molecule has 0 aliphatic heterocycles. The molecule has 4 heteroatoms. The van der Waals surface area contributed by atoms with E-state index in [9.17, 15) is 4.79 Å². The van der Waals surface area contributed by atoms with E-state index < -0.39 is 5.97 Å². The highest BCUT2D eigenvalue weighted by Gasteiger charge is 2.13. The van der Waals surface area contributed by atoms with Crippen molar-refractivity contribution in [3.63, 3.8) is 0 Å². The maximum Gasteiger partial charge on any atom is 0.341 e. The third-order valence-electron chi connectivity index (χ3n) is 1.41. The van der Waals surface area contributed by atoms with Crippen LogP contribution in [-0.4, -0.2) is 17.7 Å². The molecule has 4 nitrogen and oxygen atoms in total. The third kappa shape index (κ3) is 1.65. The van der Waals surface area contributed by atoms with Crippen molar-refractivity contribution in [2.75, 3.05) is 6.61 Å². The minimum atomic E-state index is -0.463. The van der Waals surface area contributed by atoms with Gasteiger partial charge in [-0.3, -0.25) is 0 Å². The first-order valence-corrected chi connectivity index (χ1v) is 3.62. The lowest BCUT2D eigenvalue weighted by Gasteiger charge is -1.99. The summed E-state index contributed by atoms with van der Waals surface area (Å²) in [5, 5.41) is 8.76. The van der Waals surface area contributed by atoms with Crippen LogP contribution in [-0.2, 0) is 11.3 Å². The van der Waals surface area contributed by atoms with Crippen LogP contribution in [0.25, 0.3) is 0 Å². The molecule has 0 spiro atoms. The van der Waals surface area contributed by atoms with Crippen LogP contribution in [0.15, 0.2) is 16.9 Å². The fourth-order valence-electron chi connectivity index (χ4n) is 0.834. The van der Waals surface area contributed by atoms with Gasteiger partial charge in [0.1, 0.15) is 11.8 Å². The highest BCUT2D eigenvalue weighted by Crippen LogP contribution is 2.11. The van der Waals surface area contributed by atoms with Crippen molar-refractivity contribution in [2.24, 2.45) is 0 Å². The Morgan fingerprint density at radius 2 is 2.42 bits per heavy atom. The van der Waals surface area contributed by atoms with Crippen molar-refractivity contribution in [3.05, 3.63) is 23.7 Å². The largest absolute Gasteiger partial charge is 0.471 e. The van der Waals surface area contributed by atoms with Crippen molar-refractivity contribution in [2.45, 2.75) is 13.5 Å². The topological polar surface area (TPSA) is 59.7 Å². The van der Waals surface area contributed by atoms with Gasteiger partial charge in [0.15, 0.2) is 0 Å². The maximum atomic E-state index is 11.1. The van der Waals surface area contributed by atoms with Gasteiger partial charge in [0.25, 0.3) is 0 Å². The van der Waals surface area contributed by atoms with Gasteiger partial charge in [0.05, 0.1) is 19.5 Å². The molecule has 0 fully saturated rings. The van der Waals surface area contributed by atoms with Gasteiger partial charge < -0.3 is 14.3 Å². The predicted molar refractivity (Wildman–Crippen MR) is 40.6 cm³/mol. The number of hydrogen-bond acceptors (Lipinski definition) is 4. The Bertz CT molecular complexity index is 264. The van der Waals surface area contributed by atoms with Crippen LogP contribution in [0.1, 0.15) is 22.8 Å². The van der Waals surface area contributed by atoms with Gasteiger partial charge in [-0.1, -0.05) is 0 Å². The molecule has 1 heterocycles. The molecule has 0 saturated heterocycles. The van der Waals surface area contributed by atoms with Gasteiger partial charge in [0.2, 0.25) is 0 Å². The van der Waals surface area contributed by atoms with E-state index in [1.807, 2.05) is 0 Å². The lowest BCUT2D eigenvalue weighted by atomic mass is 10.2. The van der Waals surface area contributed by atoms with E-state index in [0.29, 0.717) is 17.7 Å². The molecule has 0 unspecified atom stereocenters. The van der Waals surface area contributed by atoms with Gasteiger partial charge >= 0.3 is 5.97 Å². The average Bonchev–Trinajstić information content (AvgIpc) is 2.51. The molecule has 1 N–H and O–H groups in total. The number of aliphatic hydroxyl groups is 1. The van der Waals surface area contributed by atoms with E-state index in [-0.39, 0.29) is 6.61 Å². The average molecular weight is 170 g/mol. The van der Waals surface area contributed by atoms with Crippen LogP contribution in [0, 0.1) is 0 Å². The number of furan rings is 1. The van der Waals surface area contributed by atoms with Gasteiger partial charge in [0, 0.05) is 5.56 Å². The van der Waals surface area contributed by atoms with Gasteiger partial charge in [-0.2, -0.15) is 0 Å². The Morgan fingerprint density at radius 1 is 1.67 bits per heavy atom. The zero-order valence-electron chi connectivity index (χ0n) is 6.74. The van der Waals surface area contributed by atoms with Crippen LogP contribution in [0.4, 0.5) is 0 Å². The first kappa shape index (κ1) is 8.80. The summed E-state index contributed by atoms with van der Waals surface area (Å²) >= 11 is 0. The Kier molecular flexibility index (Phi) is 2.88. The molecule has 0 amide bonds. The van der Waals surface area contributed by atoms with Crippen molar-refractivity contribution >= 4 is 5.97 Å². The van der Waals surface area contributed by atoms with Crippen molar-refractivity contribution in [3.8, 4) is 0 Å². The molecule has 66 valence electrons. The molecule has 0 aliphatic rings. The summed E-state index contributed by atoms with van der Waals surface area (Å²) in [5.74, 6) is -0.463. The molecule has 0 bridgehead atoms. The number of ether oxygens (including phenoxy) is 1. The van der Waals surface area contributed by atoms with E-state index in [2.05, 4.69) is 0 Å². The number of hydrogen-bond donors (Lipinski definition) is 1. The highest BCUT2D eigenvalue weighted by molar-refractivity contribution is 5.90. The second-order valence-electron chi connectivity index (χ2n) is 2.19. The number of carbonyl (C=O) groups excluding carboxylic acids is 1. The normalized spacial score (nSPS) is 9.83. The number of rotatable bonds is 3. The fourth-order valence-corrected chi connectivity index (χ4v) is 0.834. The zero-order chi connectivity index (χ0) is 8.97. The van der Waals surface area contributed by atoms with E-state index in [1.54, 1.807) is 6.92 Å². The fraction of sp³-hybridized carbons (Fsp3) is 0.375. The zero-order valence-corrected chi connectivity index (χ0v) is 6.74. The molecular formula is C8H10O4. The maximum absolute atomic E-state index is 11.1. The van der Waals surface area contributed by atoms with Gasteiger partial charge in [-0.15, -0.1) is 0 Å². The summed E-state index contributed by atoms with van der Waals surface area (Å²) in [7, 11) is 0. The molecule has 0 atom stereocenters. The standard InChI is InChI=1S/C8H10O4/c1-2-12-8(10)7-5-11-4-6(7)3-9/h4-5,9H,2-3H2,1H3. The quantitative estimate of drug-likeness (QED) is 0.686. The second kappa shape index (κ2) is 3.92. The van der Waals surface area contributed by atoms with Crippen molar-refractivity contribution in [1.82, 2.24) is 0 Å². The summed E-state index contributed by atoms with van der Waals surface area (Å²) < 4.78 is 9.46.